The van der Waals surface area contributed by atoms with Crippen molar-refractivity contribution in [2.45, 2.75) is 63.6 Å². The normalized spacial score (nSPS) is 33.2. The largest absolute Gasteiger partial charge is 0.326 e. The van der Waals surface area contributed by atoms with Gasteiger partial charge in [0.15, 0.2) is 0 Å². The van der Waals surface area contributed by atoms with E-state index in [-0.39, 0.29) is 0 Å². The van der Waals surface area contributed by atoms with E-state index in [2.05, 4.69) is 23.8 Å². The third kappa shape index (κ3) is 3.21. The van der Waals surface area contributed by atoms with Crippen LogP contribution in [0, 0.1) is 0 Å². The number of nitrogens with zero attached hydrogens (tertiary/aromatic N) is 2. The zero-order valence-corrected chi connectivity index (χ0v) is 11.6. The van der Waals surface area contributed by atoms with Crippen LogP contribution in [0.15, 0.2) is 0 Å². The van der Waals surface area contributed by atoms with Crippen LogP contribution in [0.25, 0.3) is 0 Å². The van der Waals surface area contributed by atoms with Gasteiger partial charge in [-0.2, -0.15) is 0 Å². The van der Waals surface area contributed by atoms with E-state index in [1.54, 1.807) is 0 Å². The Morgan fingerprint density at radius 2 is 1.76 bits per heavy atom. The first-order valence-electron chi connectivity index (χ1n) is 7.42. The van der Waals surface area contributed by atoms with Crippen LogP contribution in [-0.4, -0.2) is 54.6 Å². The van der Waals surface area contributed by atoms with Crippen LogP contribution in [0.3, 0.4) is 0 Å². The van der Waals surface area contributed by atoms with Gasteiger partial charge in [0.25, 0.3) is 0 Å². The van der Waals surface area contributed by atoms with Crippen molar-refractivity contribution in [2.24, 2.45) is 5.73 Å². The van der Waals surface area contributed by atoms with Gasteiger partial charge in [0.05, 0.1) is 0 Å². The molecule has 1 saturated heterocycles. The molecule has 2 N–H and O–H groups in total. The molecule has 0 aromatic rings. The predicted molar refractivity (Wildman–Crippen MR) is 73.1 cm³/mol. The second-order valence-corrected chi connectivity index (χ2v) is 5.85. The van der Waals surface area contributed by atoms with Crippen molar-refractivity contribution in [3.8, 4) is 0 Å². The van der Waals surface area contributed by atoms with E-state index >= 15 is 0 Å². The number of likely N-dealkylation sites (tertiary alicyclic amines) is 1. The molecule has 0 aromatic heterocycles. The zero-order chi connectivity index (χ0) is 12.3. The van der Waals surface area contributed by atoms with Crippen molar-refractivity contribution in [1.29, 1.82) is 0 Å². The van der Waals surface area contributed by atoms with E-state index in [1.807, 2.05) is 0 Å². The van der Waals surface area contributed by atoms with Gasteiger partial charge in [0.1, 0.15) is 0 Å². The molecule has 2 unspecified atom stereocenters. The Labute approximate surface area is 106 Å². The zero-order valence-electron chi connectivity index (χ0n) is 11.6. The van der Waals surface area contributed by atoms with Gasteiger partial charge in [-0.25, -0.2) is 0 Å². The fraction of sp³-hybridized carbons (Fsp3) is 1.00. The molecule has 3 nitrogen and oxygen atoms in total. The van der Waals surface area contributed by atoms with Crippen LogP contribution < -0.4 is 5.73 Å². The van der Waals surface area contributed by atoms with Crippen LogP contribution in [0.4, 0.5) is 0 Å². The molecule has 0 spiro atoms. The average Bonchev–Trinajstić information content (AvgIpc) is 2.39. The molecule has 17 heavy (non-hydrogen) atoms. The van der Waals surface area contributed by atoms with E-state index in [0.717, 1.165) is 6.04 Å². The van der Waals surface area contributed by atoms with E-state index in [4.69, 9.17) is 5.73 Å². The van der Waals surface area contributed by atoms with Crippen LogP contribution in [-0.2, 0) is 0 Å². The monoisotopic (exact) mass is 239 g/mol. The number of rotatable bonds is 3. The SMILES string of the molecule is CCN1CCC(N(C)C2CCCCC2N)CC1. The van der Waals surface area contributed by atoms with E-state index in [1.165, 1.54) is 58.2 Å². The fourth-order valence-electron chi connectivity index (χ4n) is 3.56. The predicted octanol–water partition coefficient (Wildman–Crippen LogP) is 1.67. The molecule has 0 aromatic carbocycles. The molecule has 1 heterocycles. The van der Waals surface area contributed by atoms with Crippen LogP contribution in [0.2, 0.25) is 0 Å². The summed E-state index contributed by atoms with van der Waals surface area (Å²) in [5, 5.41) is 0. The first kappa shape index (κ1) is 13.3. The summed E-state index contributed by atoms with van der Waals surface area (Å²) in [6.45, 7) is 6.02. The van der Waals surface area contributed by atoms with Crippen LogP contribution in [0.5, 0.6) is 0 Å². The molecular formula is C14H29N3. The standard InChI is InChI=1S/C14H29N3/c1-3-17-10-8-12(9-11-17)16(2)14-7-5-4-6-13(14)15/h12-14H,3-11,15H2,1-2H3. The summed E-state index contributed by atoms with van der Waals surface area (Å²) in [7, 11) is 2.31. The summed E-state index contributed by atoms with van der Waals surface area (Å²) < 4.78 is 0. The number of hydrogen-bond donors (Lipinski definition) is 1. The second kappa shape index (κ2) is 6.17. The summed E-state index contributed by atoms with van der Waals surface area (Å²) in [6.07, 6.45) is 7.89. The lowest BCUT2D eigenvalue weighted by molar-refractivity contribution is 0.0726. The van der Waals surface area contributed by atoms with E-state index in [9.17, 15) is 0 Å². The highest BCUT2D eigenvalue weighted by Gasteiger charge is 2.31. The Morgan fingerprint density at radius 3 is 2.35 bits per heavy atom. The van der Waals surface area contributed by atoms with Gasteiger partial charge in [-0.15, -0.1) is 0 Å². The minimum absolute atomic E-state index is 0.415. The van der Waals surface area contributed by atoms with E-state index in [0.29, 0.717) is 12.1 Å². The summed E-state index contributed by atoms with van der Waals surface area (Å²) in [4.78, 5) is 5.17. The summed E-state index contributed by atoms with van der Waals surface area (Å²) in [6, 6.07) is 1.83. The Hall–Kier alpha value is -0.120. The first-order chi connectivity index (χ1) is 8.22. The molecule has 3 heteroatoms. The highest BCUT2D eigenvalue weighted by Crippen LogP contribution is 2.25. The fourth-order valence-corrected chi connectivity index (χ4v) is 3.56. The molecule has 1 saturated carbocycles. The maximum Gasteiger partial charge on any atom is 0.0247 e. The Morgan fingerprint density at radius 1 is 1.12 bits per heavy atom. The molecule has 0 bridgehead atoms. The lowest BCUT2D eigenvalue weighted by Crippen LogP contribution is -2.54. The molecule has 2 aliphatic rings. The van der Waals surface area contributed by atoms with Gasteiger partial charge in [0.2, 0.25) is 0 Å². The van der Waals surface area contributed by atoms with E-state index < -0.39 is 0 Å². The first-order valence-corrected chi connectivity index (χ1v) is 7.42. The summed E-state index contributed by atoms with van der Waals surface area (Å²) >= 11 is 0. The van der Waals surface area contributed by atoms with Gasteiger partial charge >= 0.3 is 0 Å². The topological polar surface area (TPSA) is 32.5 Å². The average molecular weight is 239 g/mol. The Bertz CT molecular complexity index is 224. The number of piperidine rings is 1. The molecule has 2 fully saturated rings. The summed E-state index contributed by atoms with van der Waals surface area (Å²) in [5.41, 5.74) is 6.29. The molecule has 1 aliphatic heterocycles. The van der Waals surface area contributed by atoms with Crippen molar-refractivity contribution in [3.63, 3.8) is 0 Å². The number of hydrogen-bond acceptors (Lipinski definition) is 3. The van der Waals surface area contributed by atoms with Gasteiger partial charge in [-0.3, -0.25) is 4.90 Å². The lowest BCUT2D eigenvalue weighted by Gasteiger charge is -2.43. The molecular weight excluding hydrogens is 210 g/mol. The molecule has 0 radical (unpaired) electrons. The minimum atomic E-state index is 0.415. The van der Waals surface area contributed by atoms with Crippen molar-refractivity contribution in [1.82, 2.24) is 9.80 Å². The third-order valence-corrected chi connectivity index (χ3v) is 4.88. The maximum absolute atomic E-state index is 6.29. The van der Waals surface area contributed by atoms with Gasteiger partial charge in [0, 0.05) is 18.1 Å². The maximum atomic E-state index is 6.29. The van der Waals surface area contributed by atoms with Gasteiger partial charge < -0.3 is 10.6 Å². The van der Waals surface area contributed by atoms with Gasteiger partial charge in [-0.1, -0.05) is 19.8 Å². The third-order valence-electron chi connectivity index (χ3n) is 4.88. The van der Waals surface area contributed by atoms with Crippen molar-refractivity contribution < 1.29 is 0 Å². The molecule has 2 atom stereocenters. The quantitative estimate of drug-likeness (QED) is 0.813. The Balaban J connectivity index is 1.85. The number of likely N-dealkylation sites (N-methyl/N-ethyl adjacent to an activating group) is 1. The lowest BCUT2D eigenvalue weighted by atomic mass is 9.88. The van der Waals surface area contributed by atoms with Crippen LogP contribution >= 0.6 is 0 Å². The molecule has 2 rings (SSSR count). The highest BCUT2D eigenvalue weighted by atomic mass is 15.2. The van der Waals surface area contributed by atoms with Crippen LogP contribution in [0.1, 0.15) is 45.4 Å². The second-order valence-electron chi connectivity index (χ2n) is 5.85. The molecule has 0 amide bonds. The smallest absolute Gasteiger partial charge is 0.0247 e. The van der Waals surface area contributed by atoms with Gasteiger partial charge in [-0.05, 0) is 52.4 Å². The minimum Gasteiger partial charge on any atom is -0.326 e. The highest BCUT2D eigenvalue weighted by molar-refractivity contribution is 4.89. The Kier molecular flexibility index (Phi) is 4.83. The van der Waals surface area contributed by atoms with Crippen molar-refractivity contribution in [3.05, 3.63) is 0 Å². The molecule has 1 aliphatic carbocycles. The summed E-state index contributed by atoms with van der Waals surface area (Å²) in [5.74, 6) is 0. The molecule has 100 valence electrons. The number of nitrogens with two attached hydrogens (primary N) is 1. The van der Waals surface area contributed by atoms with Crippen molar-refractivity contribution >= 4 is 0 Å². The van der Waals surface area contributed by atoms with Crippen molar-refractivity contribution in [2.75, 3.05) is 26.7 Å².